The fraction of sp³-hybridized carbons (Fsp3) is 0.312. The smallest absolute Gasteiger partial charge is 0.311 e. The summed E-state index contributed by atoms with van der Waals surface area (Å²) in [5.41, 5.74) is 0.519. The van der Waals surface area contributed by atoms with Crippen LogP contribution in [0.4, 0.5) is 21.6 Å². The van der Waals surface area contributed by atoms with E-state index in [2.05, 4.69) is 10.3 Å². The summed E-state index contributed by atoms with van der Waals surface area (Å²) in [6.07, 6.45) is 3.26. The zero-order valence-electron chi connectivity index (χ0n) is 12.5. The molecule has 6 nitrogen and oxygen atoms in total. The number of rotatable bonds is 4. The molecule has 0 bridgehead atoms. The Balaban J connectivity index is 1.75. The Morgan fingerprint density at radius 1 is 1.30 bits per heavy atom. The van der Waals surface area contributed by atoms with Gasteiger partial charge in [0.1, 0.15) is 5.82 Å². The van der Waals surface area contributed by atoms with Crippen LogP contribution in [0.5, 0.6) is 0 Å². The van der Waals surface area contributed by atoms with E-state index in [1.807, 2.05) is 4.90 Å². The van der Waals surface area contributed by atoms with Gasteiger partial charge in [-0.1, -0.05) is 12.1 Å². The van der Waals surface area contributed by atoms with Crippen molar-refractivity contribution in [3.8, 4) is 0 Å². The van der Waals surface area contributed by atoms with Gasteiger partial charge in [-0.15, -0.1) is 0 Å². The summed E-state index contributed by atoms with van der Waals surface area (Å²) in [6, 6.07) is 9.60. The topological polar surface area (TPSA) is 71.3 Å². The highest BCUT2D eigenvalue weighted by Gasteiger charge is 2.24. The summed E-state index contributed by atoms with van der Waals surface area (Å²) in [4.78, 5) is 16.6. The van der Waals surface area contributed by atoms with Crippen molar-refractivity contribution in [3.05, 3.63) is 58.5 Å². The molecule has 2 heterocycles. The van der Waals surface area contributed by atoms with Gasteiger partial charge in [-0.2, -0.15) is 0 Å². The molecule has 1 unspecified atom stereocenters. The molecule has 0 saturated carbocycles. The van der Waals surface area contributed by atoms with Crippen LogP contribution in [0.25, 0.3) is 0 Å². The maximum Gasteiger partial charge on any atom is 0.311 e. The molecule has 1 fully saturated rings. The number of benzene rings is 1. The lowest BCUT2D eigenvalue weighted by Crippen LogP contribution is -2.42. The second kappa shape index (κ2) is 6.60. The van der Waals surface area contributed by atoms with Gasteiger partial charge in [-0.3, -0.25) is 10.1 Å². The van der Waals surface area contributed by atoms with Gasteiger partial charge < -0.3 is 10.2 Å². The number of anilines is 2. The van der Waals surface area contributed by atoms with Gasteiger partial charge in [-0.05, 0) is 31.0 Å². The molecular formula is C16H17FN4O2. The Bertz CT molecular complexity index is 710. The van der Waals surface area contributed by atoms with Crippen molar-refractivity contribution in [2.75, 3.05) is 23.3 Å². The molecule has 1 aromatic heterocycles. The number of aromatic nitrogens is 1. The highest BCUT2D eigenvalue weighted by molar-refractivity contribution is 5.56. The fourth-order valence-corrected chi connectivity index (χ4v) is 2.87. The average molecular weight is 316 g/mol. The van der Waals surface area contributed by atoms with Crippen molar-refractivity contribution in [1.82, 2.24) is 4.98 Å². The van der Waals surface area contributed by atoms with Crippen molar-refractivity contribution < 1.29 is 9.31 Å². The van der Waals surface area contributed by atoms with Gasteiger partial charge in [-0.25, -0.2) is 9.37 Å². The lowest BCUT2D eigenvalue weighted by molar-refractivity contribution is -0.384. The molecule has 1 atom stereocenters. The first-order valence-corrected chi connectivity index (χ1v) is 7.50. The number of hydrogen-bond acceptors (Lipinski definition) is 5. The van der Waals surface area contributed by atoms with Crippen molar-refractivity contribution in [1.29, 1.82) is 0 Å². The number of nitro groups is 1. The van der Waals surface area contributed by atoms with Crippen molar-refractivity contribution >= 4 is 17.2 Å². The van der Waals surface area contributed by atoms with Crippen LogP contribution in [0.2, 0.25) is 0 Å². The first kappa shape index (κ1) is 15.2. The molecule has 1 N–H and O–H groups in total. The zero-order chi connectivity index (χ0) is 16.2. The maximum atomic E-state index is 13.9. The molecule has 3 rings (SSSR count). The Morgan fingerprint density at radius 2 is 2.13 bits per heavy atom. The van der Waals surface area contributed by atoms with Crippen molar-refractivity contribution in [3.63, 3.8) is 0 Å². The number of hydrogen-bond donors (Lipinski definition) is 1. The summed E-state index contributed by atoms with van der Waals surface area (Å²) < 4.78 is 13.9. The summed E-state index contributed by atoms with van der Waals surface area (Å²) in [6.45, 7) is 1.35. The summed E-state index contributed by atoms with van der Waals surface area (Å²) >= 11 is 0. The largest absolute Gasteiger partial charge is 0.367 e. The van der Waals surface area contributed by atoms with Crippen LogP contribution in [0.15, 0.2) is 42.6 Å². The van der Waals surface area contributed by atoms with E-state index in [0.717, 1.165) is 19.4 Å². The summed E-state index contributed by atoms with van der Waals surface area (Å²) in [5, 5.41) is 14.2. The van der Waals surface area contributed by atoms with E-state index in [4.69, 9.17) is 0 Å². The van der Waals surface area contributed by atoms with E-state index in [1.165, 1.54) is 24.4 Å². The minimum Gasteiger partial charge on any atom is -0.367 e. The van der Waals surface area contributed by atoms with Gasteiger partial charge in [0.25, 0.3) is 0 Å². The van der Waals surface area contributed by atoms with Crippen molar-refractivity contribution in [2.24, 2.45) is 0 Å². The van der Waals surface area contributed by atoms with Crippen LogP contribution >= 0.6 is 0 Å². The number of para-hydroxylation sites is 1. The second-order valence-electron chi connectivity index (χ2n) is 5.51. The van der Waals surface area contributed by atoms with Gasteiger partial charge in [0.15, 0.2) is 0 Å². The summed E-state index contributed by atoms with van der Waals surface area (Å²) in [7, 11) is 0. The molecule has 0 aliphatic carbocycles. The molecule has 0 amide bonds. The number of pyridine rings is 1. The predicted octanol–water partition coefficient (Wildman–Crippen LogP) is 3.21. The van der Waals surface area contributed by atoms with Gasteiger partial charge in [0.05, 0.1) is 10.6 Å². The number of nitrogens with zero attached hydrogens (tertiary/aromatic N) is 3. The first-order chi connectivity index (χ1) is 11.1. The first-order valence-electron chi connectivity index (χ1n) is 7.50. The summed E-state index contributed by atoms with van der Waals surface area (Å²) in [5.74, 6) is 0.00912. The Labute approximate surface area is 133 Å². The van der Waals surface area contributed by atoms with Crippen LogP contribution in [0.3, 0.4) is 0 Å². The lowest BCUT2D eigenvalue weighted by Gasteiger charge is -2.35. The number of nitrogens with one attached hydrogen (secondary N) is 1. The van der Waals surface area contributed by atoms with E-state index in [0.29, 0.717) is 12.2 Å². The van der Waals surface area contributed by atoms with E-state index in [-0.39, 0.29) is 23.4 Å². The lowest BCUT2D eigenvalue weighted by atomic mass is 10.0. The predicted molar refractivity (Wildman–Crippen MR) is 86.1 cm³/mol. The number of halogens is 1. The van der Waals surface area contributed by atoms with Crippen LogP contribution < -0.4 is 10.2 Å². The monoisotopic (exact) mass is 316 g/mol. The highest BCUT2D eigenvalue weighted by Crippen LogP contribution is 2.26. The zero-order valence-corrected chi connectivity index (χ0v) is 12.5. The third-order valence-electron chi connectivity index (χ3n) is 3.94. The van der Waals surface area contributed by atoms with Crippen LogP contribution in [0, 0.1) is 15.9 Å². The molecule has 7 heteroatoms. The Kier molecular flexibility index (Phi) is 4.36. The Hall–Kier alpha value is -2.70. The molecule has 1 aromatic carbocycles. The highest BCUT2D eigenvalue weighted by atomic mass is 19.1. The molecular weight excluding hydrogens is 299 g/mol. The molecule has 0 radical (unpaired) electrons. The molecule has 2 aromatic rings. The number of piperidine rings is 1. The normalized spacial score (nSPS) is 17.8. The van der Waals surface area contributed by atoms with Crippen LogP contribution in [-0.4, -0.2) is 29.0 Å². The third kappa shape index (κ3) is 3.39. The standard InChI is InChI=1S/C16H17FN4O2/c17-13-6-1-2-7-14(13)20-10-4-5-12(11-20)19-16-15(21(22)23)8-3-9-18-16/h1-3,6-9,12H,4-5,10-11H2,(H,18,19). The molecule has 120 valence electrons. The van der Waals surface area contributed by atoms with Gasteiger partial charge >= 0.3 is 5.69 Å². The van der Waals surface area contributed by atoms with Crippen molar-refractivity contribution in [2.45, 2.75) is 18.9 Å². The molecule has 1 aliphatic heterocycles. The van der Waals surface area contributed by atoms with E-state index in [1.54, 1.807) is 18.2 Å². The quantitative estimate of drug-likeness (QED) is 0.693. The molecule has 23 heavy (non-hydrogen) atoms. The second-order valence-corrected chi connectivity index (χ2v) is 5.51. The fourth-order valence-electron chi connectivity index (χ4n) is 2.87. The van der Waals surface area contributed by atoms with E-state index >= 15 is 0 Å². The maximum absolute atomic E-state index is 13.9. The average Bonchev–Trinajstić information content (AvgIpc) is 2.56. The third-order valence-corrected chi connectivity index (χ3v) is 3.94. The minimum absolute atomic E-state index is 0.0167. The van der Waals surface area contributed by atoms with Crippen LogP contribution in [-0.2, 0) is 0 Å². The molecule has 1 saturated heterocycles. The molecule has 1 aliphatic rings. The van der Waals surface area contributed by atoms with Gasteiger partial charge in [0, 0.05) is 31.4 Å². The SMILES string of the molecule is O=[N+]([O-])c1cccnc1NC1CCCN(c2ccccc2F)C1. The van der Waals surface area contributed by atoms with E-state index in [9.17, 15) is 14.5 Å². The Morgan fingerprint density at radius 3 is 2.91 bits per heavy atom. The van der Waals surface area contributed by atoms with E-state index < -0.39 is 4.92 Å². The minimum atomic E-state index is -0.452. The van der Waals surface area contributed by atoms with Crippen LogP contribution in [0.1, 0.15) is 12.8 Å². The molecule has 0 spiro atoms. The van der Waals surface area contributed by atoms with Gasteiger partial charge in [0.2, 0.25) is 5.82 Å².